The minimum Gasteiger partial charge on any atom is -0.338 e. The average molecular weight is 395 g/mol. The lowest BCUT2D eigenvalue weighted by Crippen LogP contribution is -2.27. The van der Waals surface area contributed by atoms with E-state index in [4.69, 9.17) is 0 Å². The highest BCUT2D eigenvalue weighted by Gasteiger charge is 2.10. The molecule has 5 rings (SSSR count). The van der Waals surface area contributed by atoms with E-state index >= 15 is 0 Å². The molecule has 0 aliphatic carbocycles. The zero-order valence-electron chi connectivity index (χ0n) is 15.9. The summed E-state index contributed by atoms with van der Waals surface area (Å²) in [5.74, 6) is 0.480. The molecule has 0 bridgehead atoms. The van der Waals surface area contributed by atoms with Gasteiger partial charge < -0.3 is 10.3 Å². The van der Waals surface area contributed by atoms with Crippen molar-refractivity contribution in [2.75, 3.05) is 5.32 Å². The van der Waals surface area contributed by atoms with E-state index in [1.807, 2.05) is 60.7 Å². The first kappa shape index (κ1) is 17.8. The number of para-hydroxylation sites is 4. The van der Waals surface area contributed by atoms with Gasteiger partial charge >= 0.3 is 0 Å². The van der Waals surface area contributed by atoms with Crippen molar-refractivity contribution >= 4 is 33.7 Å². The Morgan fingerprint density at radius 2 is 1.67 bits per heavy atom. The van der Waals surface area contributed by atoms with Gasteiger partial charge in [0.15, 0.2) is 0 Å². The maximum atomic E-state index is 12.5. The summed E-state index contributed by atoms with van der Waals surface area (Å²) in [4.78, 5) is 36.7. The third-order valence-corrected chi connectivity index (χ3v) is 4.89. The summed E-state index contributed by atoms with van der Waals surface area (Å²) in [6, 6.07) is 22.5. The summed E-state index contributed by atoms with van der Waals surface area (Å²) in [5.41, 5.74) is 4.41. The van der Waals surface area contributed by atoms with Crippen LogP contribution in [-0.4, -0.2) is 25.4 Å². The van der Waals surface area contributed by atoms with Crippen LogP contribution in [0.15, 0.2) is 83.8 Å². The molecule has 2 heterocycles. The number of H-pyrrole nitrogens is 1. The second-order valence-corrected chi connectivity index (χ2v) is 6.90. The Kier molecular flexibility index (Phi) is 4.33. The van der Waals surface area contributed by atoms with E-state index in [2.05, 4.69) is 20.3 Å². The maximum absolute atomic E-state index is 12.5. The van der Waals surface area contributed by atoms with Gasteiger partial charge in [0, 0.05) is 11.3 Å². The number of imidazole rings is 1. The number of hydrogen-bond donors (Lipinski definition) is 2. The highest BCUT2D eigenvalue weighted by atomic mass is 16.2. The third-order valence-electron chi connectivity index (χ3n) is 4.89. The van der Waals surface area contributed by atoms with Crippen LogP contribution in [0.25, 0.3) is 33.5 Å². The fraction of sp³-hybridized carbons (Fsp3) is 0.0435. The Bertz CT molecular complexity index is 1400. The minimum absolute atomic E-state index is 0.0901. The maximum Gasteiger partial charge on any atom is 0.269 e. The first-order valence-corrected chi connectivity index (χ1v) is 9.47. The zero-order valence-corrected chi connectivity index (χ0v) is 15.9. The fourth-order valence-electron chi connectivity index (χ4n) is 3.42. The normalized spacial score (nSPS) is 11.1. The fourth-order valence-corrected chi connectivity index (χ4v) is 3.42. The van der Waals surface area contributed by atoms with Gasteiger partial charge in [-0.2, -0.15) is 0 Å². The molecule has 2 aromatic heterocycles. The molecule has 0 radical (unpaired) electrons. The van der Waals surface area contributed by atoms with E-state index in [1.165, 1.54) is 10.8 Å². The van der Waals surface area contributed by atoms with Crippen LogP contribution >= 0.6 is 0 Å². The van der Waals surface area contributed by atoms with Crippen LogP contribution < -0.4 is 10.9 Å². The van der Waals surface area contributed by atoms with E-state index in [0.717, 1.165) is 22.4 Å². The predicted molar refractivity (Wildman–Crippen MR) is 116 cm³/mol. The van der Waals surface area contributed by atoms with E-state index in [1.54, 1.807) is 12.1 Å². The number of carbonyl (C=O) groups excluding carboxylic acids is 1. The van der Waals surface area contributed by atoms with Gasteiger partial charge in [-0.1, -0.05) is 24.3 Å². The van der Waals surface area contributed by atoms with E-state index in [9.17, 15) is 9.59 Å². The molecule has 146 valence electrons. The molecular weight excluding hydrogens is 378 g/mol. The lowest BCUT2D eigenvalue weighted by molar-refractivity contribution is -0.116. The highest BCUT2D eigenvalue weighted by molar-refractivity contribution is 5.91. The van der Waals surface area contributed by atoms with Crippen LogP contribution in [0, 0.1) is 0 Å². The number of fused-ring (bicyclic) bond motifs is 2. The lowest BCUT2D eigenvalue weighted by atomic mass is 10.2. The van der Waals surface area contributed by atoms with Gasteiger partial charge in [0.05, 0.1) is 28.3 Å². The number of anilines is 1. The zero-order chi connectivity index (χ0) is 20.5. The van der Waals surface area contributed by atoms with Crippen molar-refractivity contribution in [3.05, 3.63) is 89.3 Å². The highest BCUT2D eigenvalue weighted by Crippen LogP contribution is 2.22. The molecule has 30 heavy (non-hydrogen) atoms. The molecule has 0 aliphatic heterocycles. The van der Waals surface area contributed by atoms with Crippen LogP contribution in [0.1, 0.15) is 0 Å². The Hall–Kier alpha value is -4.26. The Morgan fingerprint density at radius 3 is 2.47 bits per heavy atom. The van der Waals surface area contributed by atoms with Gasteiger partial charge in [0.1, 0.15) is 12.4 Å². The number of benzene rings is 3. The Labute approximate surface area is 171 Å². The van der Waals surface area contributed by atoms with Gasteiger partial charge in [0.25, 0.3) is 5.56 Å². The van der Waals surface area contributed by atoms with Gasteiger partial charge in [-0.15, -0.1) is 0 Å². The first-order valence-electron chi connectivity index (χ1n) is 9.47. The molecule has 0 saturated carbocycles. The number of hydrogen-bond acceptors (Lipinski definition) is 4. The molecule has 0 aliphatic rings. The van der Waals surface area contributed by atoms with E-state index in [-0.39, 0.29) is 18.0 Å². The van der Waals surface area contributed by atoms with Crippen molar-refractivity contribution in [3.8, 4) is 11.4 Å². The molecule has 2 N–H and O–H groups in total. The van der Waals surface area contributed by atoms with Crippen molar-refractivity contribution in [2.45, 2.75) is 6.54 Å². The summed E-state index contributed by atoms with van der Waals surface area (Å²) in [7, 11) is 0. The number of nitrogens with zero attached hydrogens (tertiary/aromatic N) is 3. The third kappa shape index (κ3) is 3.33. The molecule has 0 spiro atoms. The molecule has 5 aromatic rings. The van der Waals surface area contributed by atoms with Gasteiger partial charge in [0.2, 0.25) is 5.91 Å². The molecule has 0 unspecified atom stereocenters. The minimum atomic E-state index is -0.316. The number of rotatable bonds is 4. The van der Waals surface area contributed by atoms with Crippen molar-refractivity contribution in [1.82, 2.24) is 19.5 Å². The topological polar surface area (TPSA) is 92.7 Å². The van der Waals surface area contributed by atoms with E-state index < -0.39 is 0 Å². The summed E-state index contributed by atoms with van der Waals surface area (Å²) in [6.07, 6.45) is 1.23. The van der Waals surface area contributed by atoms with Crippen molar-refractivity contribution < 1.29 is 4.79 Å². The number of nitrogens with one attached hydrogen (secondary N) is 2. The molecular formula is C23H17N5O2. The van der Waals surface area contributed by atoms with Crippen molar-refractivity contribution in [1.29, 1.82) is 0 Å². The molecule has 7 heteroatoms. The average Bonchev–Trinajstić information content (AvgIpc) is 3.20. The number of carbonyl (C=O) groups is 1. The van der Waals surface area contributed by atoms with Gasteiger partial charge in [-0.3, -0.25) is 14.2 Å². The summed E-state index contributed by atoms with van der Waals surface area (Å²) in [5, 5.41) is 2.84. The van der Waals surface area contributed by atoms with Crippen LogP contribution in [0.5, 0.6) is 0 Å². The quantitative estimate of drug-likeness (QED) is 0.486. The summed E-state index contributed by atoms with van der Waals surface area (Å²) in [6.45, 7) is -0.0901. The van der Waals surface area contributed by atoms with Crippen LogP contribution in [-0.2, 0) is 11.3 Å². The molecule has 3 aromatic carbocycles. The number of aromatic amines is 1. The Morgan fingerprint density at radius 1 is 0.933 bits per heavy atom. The molecule has 7 nitrogen and oxygen atoms in total. The smallest absolute Gasteiger partial charge is 0.269 e. The Balaban J connectivity index is 1.34. The number of aromatic nitrogens is 4. The van der Waals surface area contributed by atoms with Crippen LogP contribution in [0.3, 0.4) is 0 Å². The molecule has 1 amide bonds. The van der Waals surface area contributed by atoms with Gasteiger partial charge in [-0.25, -0.2) is 9.97 Å². The van der Waals surface area contributed by atoms with Crippen LogP contribution in [0.2, 0.25) is 0 Å². The largest absolute Gasteiger partial charge is 0.338 e. The monoisotopic (exact) mass is 395 g/mol. The van der Waals surface area contributed by atoms with Gasteiger partial charge in [-0.05, 0) is 48.5 Å². The van der Waals surface area contributed by atoms with Crippen LogP contribution in [0.4, 0.5) is 5.69 Å². The summed E-state index contributed by atoms with van der Waals surface area (Å²) >= 11 is 0. The standard InChI is InChI=1S/C23H17N5O2/c29-21(14-28-20-8-4-3-7-19(20)24-13-22(28)30)25-16-11-9-15(10-12-16)23-26-17-5-1-2-6-18(17)27-23/h1-13H,14H2,(H,25,29)(H,26,27). The van der Waals surface area contributed by atoms with E-state index in [0.29, 0.717) is 16.7 Å². The molecule has 0 saturated heterocycles. The lowest BCUT2D eigenvalue weighted by Gasteiger charge is -2.10. The second kappa shape index (κ2) is 7.29. The number of amides is 1. The predicted octanol–water partition coefficient (Wildman–Crippen LogP) is 3.58. The van der Waals surface area contributed by atoms with Crippen molar-refractivity contribution in [2.24, 2.45) is 0 Å². The SMILES string of the molecule is O=C(Cn1c(=O)cnc2ccccc21)Nc1ccc(-c2nc3ccccc3[nH]2)cc1. The summed E-state index contributed by atoms with van der Waals surface area (Å²) < 4.78 is 1.42. The molecule has 0 atom stereocenters. The second-order valence-electron chi connectivity index (χ2n) is 6.90. The first-order chi connectivity index (χ1) is 14.7. The molecule has 0 fully saturated rings. The van der Waals surface area contributed by atoms with Crippen molar-refractivity contribution in [3.63, 3.8) is 0 Å².